The summed E-state index contributed by atoms with van der Waals surface area (Å²) in [5, 5.41) is 0. The molecule has 1 aromatic carbocycles. The zero-order chi connectivity index (χ0) is 22.2. The number of amides is 2. The number of hydrogen-bond acceptors (Lipinski definition) is 4. The van der Waals surface area contributed by atoms with Crippen LogP contribution in [0.2, 0.25) is 0 Å². The van der Waals surface area contributed by atoms with E-state index in [4.69, 9.17) is 0 Å². The molecule has 1 atom stereocenters. The number of anilines is 1. The normalized spacial score (nSPS) is 20.0. The van der Waals surface area contributed by atoms with Gasteiger partial charge >= 0.3 is 0 Å². The first-order chi connectivity index (χ1) is 14.9. The van der Waals surface area contributed by atoms with E-state index in [0.29, 0.717) is 43.1 Å². The summed E-state index contributed by atoms with van der Waals surface area (Å²) < 4.78 is 0. The minimum atomic E-state index is -0.675. The highest BCUT2D eigenvalue weighted by Gasteiger charge is 2.54. The van der Waals surface area contributed by atoms with Crippen molar-refractivity contribution in [3.63, 3.8) is 0 Å². The summed E-state index contributed by atoms with van der Waals surface area (Å²) in [5.74, 6) is 0.507. The molecule has 1 aromatic heterocycles. The maximum atomic E-state index is 13.6. The lowest BCUT2D eigenvalue weighted by molar-refractivity contribution is -0.130. The molecule has 0 saturated carbocycles. The highest BCUT2D eigenvalue weighted by Crippen LogP contribution is 2.47. The van der Waals surface area contributed by atoms with Crippen LogP contribution in [0.1, 0.15) is 55.3 Å². The number of likely N-dealkylation sites (tertiary alicyclic amines) is 1. The van der Waals surface area contributed by atoms with Crippen molar-refractivity contribution >= 4 is 17.5 Å². The van der Waals surface area contributed by atoms with Crippen LogP contribution in [0, 0.1) is 13.8 Å². The van der Waals surface area contributed by atoms with E-state index >= 15 is 0 Å². The summed E-state index contributed by atoms with van der Waals surface area (Å²) in [7, 11) is 0. The number of carbonyl (C=O) groups is 2. The number of para-hydroxylation sites is 1. The van der Waals surface area contributed by atoms with E-state index in [1.165, 1.54) is 0 Å². The van der Waals surface area contributed by atoms with Gasteiger partial charge in [0.05, 0.1) is 11.8 Å². The highest BCUT2D eigenvalue weighted by atomic mass is 16.2. The SMILES string of the molecule is CCCCCN1C(=O)C2(CCN(C(=O)Cc3c(C)nc(C)[nH]c3=O)C2)c2ccccc21. The summed E-state index contributed by atoms with van der Waals surface area (Å²) in [5.41, 5.74) is 2.04. The molecule has 1 fully saturated rings. The van der Waals surface area contributed by atoms with Gasteiger partial charge in [-0.2, -0.15) is 0 Å². The van der Waals surface area contributed by atoms with E-state index in [9.17, 15) is 14.4 Å². The van der Waals surface area contributed by atoms with Gasteiger partial charge in [0.15, 0.2) is 0 Å². The molecular weight excluding hydrogens is 392 g/mol. The maximum absolute atomic E-state index is 13.6. The first-order valence-electron chi connectivity index (χ1n) is 11.1. The van der Waals surface area contributed by atoms with E-state index in [-0.39, 0.29) is 23.8 Å². The third-order valence-corrected chi connectivity index (χ3v) is 6.64. The standard InChI is InChI=1S/C24H30N4O3/c1-4-5-8-12-28-20-10-7-6-9-19(20)24(23(28)31)11-13-27(15-24)21(29)14-18-16(2)25-17(3)26-22(18)30/h6-7,9-10H,4-5,8,11-15H2,1-3H3,(H,25,26,30). The first kappa shape index (κ1) is 21.3. The molecule has 0 radical (unpaired) electrons. The second kappa shape index (κ2) is 8.29. The molecule has 4 rings (SSSR count). The zero-order valence-electron chi connectivity index (χ0n) is 18.5. The lowest BCUT2D eigenvalue weighted by Gasteiger charge is -2.24. The average Bonchev–Trinajstić information content (AvgIpc) is 3.28. The Morgan fingerprint density at radius 1 is 1.19 bits per heavy atom. The second-order valence-electron chi connectivity index (χ2n) is 8.72. The molecule has 7 nitrogen and oxygen atoms in total. The van der Waals surface area contributed by atoms with Gasteiger partial charge in [0.2, 0.25) is 11.8 Å². The van der Waals surface area contributed by atoms with E-state index in [0.717, 1.165) is 30.5 Å². The smallest absolute Gasteiger partial charge is 0.254 e. The fourth-order valence-electron chi connectivity index (χ4n) is 4.98. The lowest BCUT2D eigenvalue weighted by atomic mass is 9.81. The number of aromatic nitrogens is 2. The second-order valence-corrected chi connectivity index (χ2v) is 8.72. The Kier molecular flexibility index (Phi) is 5.69. The van der Waals surface area contributed by atoms with Crippen LogP contribution in [0.4, 0.5) is 5.69 Å². The van der Waals surface area contributed by atoms with Gasteiger partial charge in [0.1, 0.15) is 5.82 Å². The maximum Gasteiger partial charge on any atom is 0.254 e. The van der Waals surface area contributed by atoms with Gasteiger partial charge in [0, 0.05) is 36.6 Å². The number of carbonyl (C=O) groups excluding carboxylic acids is 2. The molecule has 1 N–H and O–H groups in total. The van der Waals surface area contributed by atoms with Crippen molar-refractivity contribution in [1.29, 1.82) is 0 Å². The van der Waals surface area contributed by atoms with Gasteiger partial charge < -0.3 is 14.8 Å². The number of aryl methyl sites for hydroxylation is 2. The summed E-state index contributed by atoms with van der Waals surface area (Å²) in [6.07, 6.45) is 3.77. The minimum Gasteiger partial charge on any atom is -0.341 e. The molecule has 1 saturated heterocycles. The predicted molar refractivity (Wildman–Crippen MR) is 119 cm³/mol. The van der Waals surface area contributed by atoms with Crippen LogP contribution in [-0.4, -0.2) is 46.3 Å². The molecule has 31 heavy (non-hydrogen) atoms. The largest absolute Gasteiger partial charge is 0.341 e. The van der Waals surface area contributed by atoms with Crippen molar-refractivity contribution in [3.8, 4) is 0 Å². The summed E-state index contributed by atoms with van der Waals surface area (Å²) in [6.45, 7) is 7.21. The molecule has 2 aliphatic heterocycles. The van der Waals surface area contributed by atoms with Crippen molar-refractivity contribution in [2.75, 3.05) is 24.5 Å². The fourth-order valence-corrected chi connectivity index (χ4v) is 4.98. The number of benzene rings is 1. The van der Waals surface area contributed by atoms with Crippen LogP contribution in [0.25, 0.3) is 0 Å². The number of nitrogens with one attached hydrogen (secondary N) is 1. The van der Waals surface area contributed by atoms with Crippen molar-refractivity contribution in [3.05, 3.63) is 57.3 Å². The van der Waals surface area contributed by atoms with Crippen molar-refractivity contribution in [2.24, 2.45) is 0 Å². The Morgan fingerprint density at radius 2 is 1.97 bits per heavy atom. The topological polar surface area (TPSA) is 86.4 Å². The zero-order valence-corrected chi connectivity index (χ0v) is 18.5. The van der Waals surface area contributed by atoms with Crippen LogP contribution < -0.4 is 10.5 Å². The van der Waals surface area contributed by atoms with E-state index < -0.39 is 5.41 Å². The number of aromatic amines is 1. The minimum absolute atomic E-state index is 0.000574. The molecule has 164 valence electrons. The Hall–Kier alpha value is -2.96. The molecule has 2 aliphatic rings. The Balaban J connectivity index is 1.56. The van der Waals surface area contributed by atoms with Crippen LogP contribution in [-0.2, 0) is 21.4 Å². The van der Waals surface area contributed by atoms with Crippen LogP contribution in [0.3, 0.4) is 0 Å². The fraction of sp³-hybridized carbons (Fsp3) is 0.500. The monoisotopic (exact) mass is 422 g/mol. The third-order valence-electron chi connectivity index (χ3n) is 6.64. The van der Waals surface area contributed by atoms with Gasteiger partial charge in [-0.25, -0.2) is 4.98 Å². The van der Waals surface area contributed by atoms with Crippen molar-refractivity contribution in [2.45, 2.75) is 58.3 Å². The van der Waals surface area contributed by atoms with Crippen LogP contribution >= 0.6 is 0 Å². The quantitative estimate of drug-likeness (QED) is 0.725. The Labute approximate surface area is 182 Å². The summed E-state index contributed by atoms with van der Waals surface area (Å²) >= 11 is 0. The summed E-state index contributed by atoms with van der Waals surface area (Å²) in [4.78, 5) is 49.6. The highest BCUT2D eigenvalue weighted by molar-refractivity contribution is 6.09. The number of hydrogen-bond donors (Lipinski definition) is 1. The van der Waals surface area contributed by atoms with Gasteiger partial charge in [-0.3, -0.25) is 14.4 Å². The number of nitrogens with zero attached hydrogens (tertiary/aromatic N) is 3. The molecule has 2 amide bonds. The first-order valence-corrected chi connectivity index (χ1v) is 11.1. The Bertz CT molecular complexity index is 1080. The number of rotatable bonds is 6. The molecule has 2 aromatic rings. The predicted octanol–water partition coefficient (Wildman–Crippen LogP) is 2.64. The number of H-pyrrole nitrogens is 1. The number of fused-ring (bicyclic) bond motifs is 2. The van der Waals surface area contributed by atoms with E-state index in [1.54, 1.807) is 18.7 Å². The van der Waals surface area contributed by atoms with Crippen molar-refractivity contribution < 1.29 is 9.59 Å². The third kappa shape index (κ3) is 3.66. The van der Waals surface area contributed by atoms with Gasteiger partial charge in [-0.15, -0.1) is 0 Å². The molecule has 7 heteroatoms. The van der Waals surface area contributed by atoms with Gasteiger partial charge in [-0.1, -0.05) is 38.0 Å². The molecule has 0 aliphatic carbocycles. The average molecular weight is 423 g/mol. The van der Waals surface area contributed by atoms with E-state index in [1.807, 2.05) is 29.2 Å². The lowest BCUT2D eigenvalue weighted by Crippen LogP contribution is -2.44. The van der Waals surface area contributed by atoms with Gasteiger partial charge in [0.25, 0.3) is 5.56 Å². The summed E-state index contributed by atoms with van der Waals surface area (Å²) in [6, 6.07) is 7.98. The molecule has 1 spiro atoms. The Morgan fingerprint density at radius 3 is 2.71 bits per heavy atom. The van der Waals surface area contributed by atoms with Gasteiger partial charge in [-0.05, 0) is 38.3 Å². The molecule has 3 heterocycles. The number of unbranched alkanes of at least 4 members (excludes halogenated alkanes) is 2. The van der Waals surface area contributed by atoms with E-state index in [2.05, 4.69) is 16.9 Å². The van der Waals surface area contributed by atoms with Crippen molar-refractivity contribution in [1.82, 2.24) is 14.9 Å². The molecule has 0 bridgehead atoms. The van der Waals surface area contributed by atoms with Crippen LogP contribution in [0.5, 0.6) is 0 Å². The molecule has 1 unspecified atom stereocenters. The van der Waals surface area contributed by atoms with Crippen LogP contribution in [0.15, 0.2) is 29.1 Å². The molecular formula is C24H30N4O3.